The van der Waals surface area contributed by atoms with E-state index in [0.717, 1.165) is 0 Å². The molecule has 0 unspecified atom stereocenters. The number of nitrogens with two attached hydrogens (primary N) is 1. The predicted molar refractivity (Wildman–Crippen MR) is 64.6 cm³/mol. The van der Waals surface area contributed by atoms with E-state index in [1.54, 1.807) is 32.0 Å². The smallest absolute Gasteiger partial charge is 0.261 e. The van der Waals surface area contributed by atoms with E-state index in [4.69, 9.17) is 10.3 Å². The van der Waals surface area contributed by atoms with E-state index >= 15 is 0 Å². The Morgan fingerprint density at radius 1 is 1.41 bits per heavy atom. The molecule has 0 saturated carbocycles. The van der Waals surface area contributed by atoms with Crippen molar-refractivity contribution in [2.24, 2.45) is 5.73 Å². The molecule has 2 aromatic rings. The van der Waals surface area contributed by atoms with Crippen molar-refractivity contribution in [3.05, 3.63) is 34.3 Å². The average Bonchev–Trinajstić information content (AvgIpc) is 2.70. The predicted octanol–water partition coefficient (Wildman–Crippen LogP) is 2.83. The summed E-state index contributed by atoms with van der Waals surface area (Å²) in [5, 5.41) is 3.74. The zero-order valence-electron chi connectivity index (χ0n) is 9.37. The lowest BCUT2D eigenvalue weighted by Gasteiger charge is -2.11. The molecule has 2 N–H and O–H groups in total. The minimum Gasteiger partial charge on any atom is -0.334 e. The largest absolute Gasteiger partial charge is 0.334 e. The van der Waals surface area contributed by atoms with E-state index in [0.29, 0.717) is 10.3 Å². The van der Waals surface area contributed by atoms with Crippen LogP contribution in [0.25, 0.3) is 11.5 Å². The van der Waals surface area contributed by atoms with Crippen LogP contribution in [0.5, 0.6) is 0 Å². The minimum atomic E-state index is -0.718. The van der Waals surface area contributed by atoms with Crippen LogP contribution in [0.2, 0.25) is 0 Å². The molecular weight excluding hydrogens is 289 g/mol. The fraction of sp³-hybridized carbons (Fsp3) is 0.273. The summed E-state index contributed by atoms with van der Waals surface area (Å²) in [6, 6.07) is 4.86. The number of hydrogen-bond donors (Lipinski definition) is 1. The van der Waals surface area contributed by atoms with Crippen molar-refractivity contribution in [3.63, 3.8) is 0 Å². The quantitative estimate of drug-likeness (QED) is 0.926. The van der Waals surface area contributed by atoms with Gasteiger partial charge < -0.3 is 10.3 Å². The molecular formula is C11H11BrFN3O. The zero-order chi connectivity index (χ0) is 12.6. The number of halogens is 2. The maximum atomic E-state index is 13.8. The Labute approximate surface area is 106 Å². The molecule has 90 valence electrons. The maximum absolute atomic E-state index is 13.8. The van der Waals surface area contributed by atoms with Crippen LogP contribution in [0.4, 0.5) is 4.39 Å². The summed E-state index contributed by atoms with van der Waals surface area (Å²) in [6.07, 6.45) is 0. The molecule has 0 fully saturated rings. The van der Waals surface area contributed by atoms with Crippen molar-refractivity contribution in [3.8, 4) is 11.5 Å². The Morgan fingerprint density at radius 2 is 2.12 bits per heavy atom. The van der Waals surface area contributed by atoms with Crippen molar-refractivity contribution < 1.29 is 8.91 Å². The van der Waals surface area contributed by atoms with Gasteiger partial charge in [0.1, 0.15) is 5.82 Å². The van der Waals surface area contributed by atoms with Crippen LogP contribution in [0, 0.1) is 5.82 Å². The Hall–Kier alpha value is -1.27. The lowest BCUT2D eigenvalue weighted by Crippen LogP contribution is -2.30. The molecule has 1 aromatic carbocycles. The molecule has 6 heteroatoms. The van der Waals surface area contributed by atoms with Crippen molar-refractivity contribution in [2.45, 2.75) is 19.4 Å². The van der Waals surface area contributed by atoms with Crippen LogP contribution in [-0.4, -0.2) is 10.1 Å². The summed E-state index contributed by atoms with van der Waals surface area (Å²) in [6.45, 7) is 3.50. The molecule has 0 saturated heterocycles. The monoisotopic (exact) mass is 299 g/mol. The first-order chi connectivity index (χ1) is 7.89. The second-order valence-corrected chi connectivity index (χ2v) is 5.10. The first-order valence-corrected chi connectivity index (χ1v) is 5.76. The molecule has 4 nitrogen and oxygen atoms in total. The highest BCUT2D eigenvalue weighted by Crippen LogP contribution is 2.27. The summed E-state index contributed by atoms with van der Waals surface area (Å²) in [4.78, 5) is 4.09. The molecule has 0 aliphatic rings. The van der Waals surface area contributed by atoms with Gasteiger partial charge in [-0.2, -0.15) is 4.98 Å². The number of aromatic nitrogens is 2. The SMILES string of the molecule is CC(C)(N)c1noc(-c2cccc(Br)c2F)n1. The van der Waals surface area contributed by atoms with E-state index in [1.165, 1.54) is 0 Å². The molecule has 0 radical (unpaired) electrons. The molecule has 2 rings (SSSR count). The van der Waals surface area contributed by atoms with Crippen molar-refractivity contribution >= 4 is 15.9 Å². The molecule has 0 bridgehead atoms. The number of hydrogen-bond acceptors (Lipinski definition) is 4. The third kappa shape index (κ3) is 2.37. The second kappa shape index (κ2) is 4.19. The van der Waals surface area contributed by atoms with Crippen molar-refractivity contribution in [2.75, 3.05) is 0 Å². The molecule has 1 heterocycles. The van der Waals surface area contributed by atoms with Gasteiger partial charge in [0, 0.05) is 0 Å². The molecule has 0 spiro atoms. The summed E-state index contributed by atoms with van der Waals surface area (Å²) < 4.78 is 19.1. The van der Waals surface area contributed by atoms with E-state index < -0.39 is 11.4 Å². The van der Waals surface area contributed by atoms with E-state index in [1.807, 2.05) is 0 Å². The molecule has 0 amide bonds. The summed E-state index contributed by atoms with van der Waals surface area (Å²) in [5.74, 6) is 0.0294. The van der Waals surface area contributed by atoms with Gasteiger partial charge in [-0.1, -0.05) is 11.2 Å². The van der Waals surface area contributed by atoms with Crippen LogP contribution in [0.15, 0.2) is 27.2 Å². The lowest BCUT2D eigenvalue weighted by atomic mass is 10.1. The summed E-state index contributed by atoms with van der Waals surface area (Å²) in [5.41, 5.74) is 5.36. The third-order valence-corrected chi connectivity index (χ3v) is 2.80. The number of nitrogens with zero attached hydrogens (tertiary/aromatic N) is 2. The Kier molecular flexibility index (Phi) is 3.01. The van der Waals surface area contributed by atoms with Gasteiger partial charge in [0.25, 0.3) is 5.89 Å². The molecule has 0 atom stereocenters. The number of rotatable bonds is 2. The average molecular weight is 300 g/mol. The van der Waals surface area contributed by atoms with Gasteiger partial charge >= 0.3 is 0 Å². The topological polar surface area (TPSA) is 64.9 Å². The van der Waals surface area contributed by atoms with Gasteiger partial charge in [-0.05, 0) is 41.9 Å². The van der Waals surface area contributed by atoms with Crippen LogP contribution in [-0.2, 0) is 5.54 Å². The van der Waals surface area contributed by atoms with Gasteiger partial charge in [-0.15, -0.1) is 0 Å². The second-order valence-electron chi connectivity index (χ2n) is 4.25. The fourth-order valence-corrected chi connectivity index (χ4v) is 1.63. The molecule has 0 aliphatic carbocycles. The standard InChI is InChI=1S/C11H11BrFN3O/c1-11(2,14)10-15-9(17-16-10)6-4-3-5-7(12)8(6)13/h3-5H,14H2,1-2H3. The van der Waals surface area contributed by atoms with Crippen LogP contribution < -0.4 is 5.73 Å². The Morgan fingerprint density at radius 3 is 2.71 bits per heavy atom. The van der Waals surface area contributed by atoms with Crippen molar-refractivity contribution in [1.29, 1.82) is 0 Å². The van der Waals surface area contributed by atoms with Crippen molar-refractivity contribution in [1.82, 2.24) is 10.1 Å². The highest BCUT2D eigenvalue weighted by atomic mass is 79.9. The van der Waals surface area contributed by atoms with Gasteiger partial charge in [0.15, 0.2) is 5.82 Å². The van der Waals surface area contributed by atoms with Crippen LogP contribution in [0.3, 0.4) is 0 Å². The first kappa shape index (κ1) is 12.2. The van der Waals surface area contributed by atoms with E-state index in [-0.39, 0.29) is 11.5 Å². The lowest BCUT2D eigenvalue weighted by molar-refractivity contribution is 0.396. The van der Waals surface area contributed by atoms with Crippen LogP contribution in [0.1, 0.15) is 19.7 Å². The molecule has 1 aromatic heterocycles. The van der Waals surface area contributed by atoms with E-state index in [9.17, 15) is 4.39 Å². The highest BCUT2D eigenvalue weighted by Gasteiger charge is 2.23. The highest BCUT2D eigenvalue weighted by molar-refractivity contribution is 9.10. The van der Waals surface area contributed by atoms with E-state index in [2.05, 4.69) is 26.1 Å². The third-order valence-electron chi connectivity index (χ3n) is 2.18. The van der Waals surface area contributed by atoms with Gasteiger partial charge in [-0.25, -0.2) is 4.39 Å². The Balaban J connectivity index is 2.48. The molecule has 0 aliphatic heterocycles. The minimum absolute atomic E-state index is 0.123. The zero-order valence-corrected chi connectivity index (χ0v) is 11.0. The fourth-order valence-electron chi connectivity index (χ4n) is 1.26. The number of benzene rings is 1. The molecule has 17 heavy (non-hydrogen) atoms. The maximum Gasteiger partial charge on any atom is 0.261 e. The Bertz CT molecular complexity index is 548. The van der Waals surface area contributed by atoms with Gasteiger partial charge in [-0.3, -0.25) is 0 Å². The normalized spacial score (nSPS) is 11.8. The van der Waals surface area contributed by atoms with Gasteiger partial charge in [0.2, 0.25) is 0 Å². The van der Waals surface area contributed by atoms with Crippen LogP contribution >= 0.6 is 15.9 Å². The summed E-state index contributed by atoms with van der Waals surface area (Å²) >= 11 is 3.10. The first-order valence-electron chi connectivity index (χ1n) is 4.97. The summed E-state index contributed by atoms with van der Waals surface area (Å²) in [7, 11) is 0. The van der Waals surface area contributed by atoms with Gasteiger partial charge in [0.05, 0.1) is 15.6 Å².